The molecule has 0 aliphatic rings. The van der Waals surface area contributed by atoms with Gasteiger partial charge in [0.2, 0.25) is 0 Å². The van der Waals surface area contributed by atoms with E-state index in [1.165, 1.54) is 18.5 Å². The zero-order valence-corrected chi connectivity index (χ0v) is 19.1. The number of aryl methyl sites for hydroxylation is 2. The molecule has 0 aliphatic carbocycles. The Morgan fingerprint density at radius 2 is 1.76 bits per heavy atom. The summed E-state index contributed by atoms with van der Waals surface area (Å²) >= 11 is 0. The fourth-order valence-electron chi connectivity index (χ4n) is 3.86. The molecule has 172 valence electrons. The maximum absolute atomic E-state index is 13.0. The molecule has 0 aliphatic heterocycles. The molecule has 0 bridgehead atoms. The van der Waals surface area contributed by atoms with Crippen molar-refractivity contribution in [3.63, 3.8) is 0 Å². The van der Waals surface area contributed by atoms with Gasteiger partial charge in [-0.05, 0) is 32.4 Å². The Kier molecular flexibility index (Phi) is 6.60. The molecular weight excluding hydrogens is 426 g/mol. The van der Waals surface area contributed by atoms with Gasteiger partial charge in [0.25, 0.3) is 6.43 Å². The third kappa shape index (κ3) is 4.83. The van der Waals surface area contributed by atoms with Crippen LogP contribution >= 0.6 is 0 Å². The van der Waals surface area contributed by atoms with Gasteiger partial charge in [0.05, 0.1) is 30.2 Å². The molecule has 3 heterocycles. The average molecular weight is 453 g/mol. The summed E-state index contributed by atoms with van der Waals surface area (Å²) in [6.07, 6.45) is -0.424. The molecule has 0 amide bonds. The van der Waals surface area contributed by atoms with Crippen molar-refractivity contribution in [3.8, 4) is 17.1 Å². The van der Waals surface area contributed by atoms with Crippen LogP contribution in [0.15, 0.2) is 42.7 Å². The van der Waals surface area contributed by atoms with Crippen LogP contribution in [0.25, 0.3) is 17.1 Å². The maximum atomic E-state index is 13.0. The molecule has 33 heavy (non-hydrogen) atoms. The van der Waals surface area contributed by atoms with Crippen LogP contribution in [0.1, 0.15) is 40.3 Å². The van der Waals surface area contributed by atoms with Gasteiger partial charge < -0.3 is 4.74 Å². The SMILES string of the molecule is COCCn1nc(-c2ccc(C(F)F)cc2)c(C)c1Cc1cc(-n2nc(C)cc2C)ncn1. The first kappa shape index (κ1) is 22.7. The van der Waals surface area contributed by atoms with Crippen LogP contribution in [0.5, 0.6) is 0 Å². The van der Waals surface area contributed by atoms with Crippen LogP contribution in [0, 0.1) is 20.8 Å². The number of hydrogen-bond acceptors (Lipinski definition) is 5. The van der Waals surface area contributed by atoms with Gasteiger partial charge in [-0.3, -0.25) is 4.68 Å². The summed E-state index contributed by atoms with van der Waals surface area (Å²) < 4.78 is 34.9. The summed E-state index contributed by atoms with van der Waals surface area (Å²) in [6.45, 7) is 6.98. The van der Waals surface area contributed by atoms with E-state index in [-0.39, 0.29) is 5.56 Å². The molecule has 4 rings (SSSR count). The van der Waals surface area contributed by atoms with E-state index in [4.69, 9.17) is 9.84 Å². The van der Waals surface area contributed by atoms with Crippen molar-refractivity contribution in [2.45, 2.75) is 40.2 Å². The number of hydrogen-bond donors (Lipinski definition) is 0. The van der Waals surface area contributed by atoms with E-state index in [9.17, 15) is 8.78 Å². The first-order valence-electron chi connectivity index (χ1n) is 10.7. The van der Waals surface area contributed by atoms with Crippen molar-refractivity contribution >= 4 is 0 Å². The van der Waals surface area contributed by atoms with Gasteiger partial charge >= 0.3 is 0 Å². The minimum absolute atomic E-state index is 0.00638. The fraction of sp³-hybridized carbons (Fsp3) is 0.333. The minimum atomic E-state index is -2.50. The normalized spacial score (nSPS) is 11.5. The average Bonchev–Trinajstić information content (AvgIpc) is 3.30. The van der Waals surface area contributed by atoms with E-state index in [2.05, 4.69) is 15.1 Å². The Balaban J connectivity index is 1.70. The number of ether oxygens (including phenoxy) is 1. The largest absolute Gasteiger partial charge is 0.383 e. The summed E-state index contributed by atoms with van der Waals surface area (Å²) in [5, 5.41) is 9.28. The highest BCUT2D eigenvalue weighted by Crippen LogP contribution is 2.28. The van der Waals surface area contributed by atoms with E-state index in [1.54, 1.807) is 23.9 Å². The summed E-state index contributed by atoms with van der Waals surface area (Å²) in [6, 6.07) is 10.2. The van der Waals surface area contributed by atoms with Crippen molar-refractivity contribution in [2.75, 3.05) is 13.7 Å². The number of nitrogens with zero attached hydrogens (tertiary/aromatic N) is 6. The third-order valence-corrected chi connectivity index (χ3v) is 5.55. The number of rotatable bonds is 8. The minimum Gasteiger partial charge on any atom is -0.383 e. The Morgan fingerprint density at radius 1 is 1.00 bits per heavy atom. The van der Waals surface area contributed by atoms with E-state index in [0.29, 0.717) is 25.4 Å². The maximum Gasteiger partial charge on any atom is 0.263 e. The van der Waals surface area contributed by atoms with Crippen LogP contribution in [0.3, 0.4) is 0 Å². The lowest BCUT2D eigenvalue weighted by atomic mass is 10.0. The van der Waals surface area contributed by atoms with E-state index in [1.807, 2.05) is 37.6 Å². The van der Waals surface area contributed by atoms with E-state index in [0.717, 1.165) is 39.6 Å². The Hall–Kier alpha value is -3.46. The van der Waals surface area contributed by atoms with Gasteiger partial charge in [0.1, 0.15) is 6.33 Å². The molecule has 0 atom stereocenters. The van der Waals surface area contributed by atoms with Crippen molar-refractivity contribution in [2.24, 2.45) is 0 Å². The first-order chi connectivity index (χ1) is 15.9. The number of alkyl halides is 2. The van der Waals surface area contributed by atoms with Crippen molar-refractivity contribution in [1.29, 1.82) is 0 Å². The van der Waals surface area contributed by atoms with Gasteiger partial charge in [-0.15, -0.1) is 0 Å². The van der Waals surface area contributed by atoms with Gasteiger partial charge in [0, 0.05) is 42.1 Å². The Labute approximate surface area is 191 Å². The zero-order valence-electron chi connectivity index (χ0n) is 19.1. The van der Waals surface area contributed by atoms with Crippen LogP contribution in [-0.4, -0.2) is 43.2 Å². The molecule has 0 saturated carbocycles. The van der Waals surface area contributed by atoms with Crippen LogP contribution in [-0.2, 0) is 17.7 Å². The lowest BCUT2D eigenvalue weighted by Gasteiger charge is -2.09. The second-order valence-electron chi connectivity index (χ2n) is 7.94. The van der Waals surface area contributed by atoms with E-state index < -0.39 is 6.43 Å². The molecule has 9 heteroatoms. The molecule has 0 unspecified atom stereocenters. The highest BCUT2D eigenvalue weighted by atomic mass is 19.3. The molecule has 4 aromatic rings. The molecule has 3 aromatic heterocycles. The van der Waals surface area contributed by atoms with Crippen LogP contribution in [0.2, 0.25) is 0 Å². The van der Waals surface area contributed by atoms with Crippen molar-refractivity contribution in [1.82, 2.24) is 29.5 Å². The standard InChI is InChI=1S/C24H26F2N6O/c1-15-11-16(2)32(29-15)22-13-20(27-14-28-22)12-21-17(3)23(30-31(21)9-10-33-4)18-5-7-19(8-6-18)24(25)26/h5-8,11,13-14,24H,9-10,12H2,1-4H3. The topological polar surface area (TPSA) is 70.7 Å². The second-order valence-corrected chi connectivity index (χ2v) is 7.94. The molecule has 0 fully saturated rings. The summed E-state index contributed by atoms with van der Waals surface area (Å²) in [5.74, 6) is 0.703. The molecule has 0 radical (unpaired) electrons. The second kappa shape index (κ2) is 9.58. The van der Waals surface area contributed by atoms with Crippen LogP contribution < -0.4 is 0 Å². The highest BCUT2D eigenvalue weighted by molar-refractivity contribution is 5.64. The zero-order chi connectivity index (χ0) is 23.5. The number of halogens is 2. The van der Waals surface area contributed by atoms with Gasteiger partial charge in [-0.1, -0.05) is 24.3 Å². The predicted octanol–water partition coefficient (Wildman–Crippen LogP) is 4.63. The van der Waals surface area contributed by atoms with Gasteiger partial charge in [-0.25, -0.2) is 23.4 Å². The van der Waals surface area contributed by atoms with Crippen LogP contribution in [0.4, 0.5) is 8.78 Å². The molecular formula is C24H26F2N6O. The summed E-state index contributed by atoms with van der Waals surface area (Å²) in [7, 11) is 1.64. The molecule has 0 N–H and O–H groups in total. The van der Waals surface area contributed by atoms with Gasteiger partial charge in [0.15, 0.2) is 5.82 Å². The molecule has 0 spiro atoms. The fourth-order valence-corrected chi connectivity index (χ4v) is 3.86. The smallest absolute Gasteiger partial charge is 0.263 e. The molecule has 1 aromatic carbocycles. The number of methoxy groups -OCH3 is 1. The Bertz CT molecular complexity index is 1250. The van der Waals surface area contributed by atoms with Crippen molar-refractivity contribution < 1.29 is 13.5 Å². The predicted molar refractivity (Wildman–Crippen MR) is 121 cm³/mol. The Morgan fingerprint density at radius 3 is 2.39 bits per heavy atom. The highest BCUT2D eigenvalue weighted by Gasteiger charge is 2.18. The third-order valence-electron chi connectivity index (χ3n) is 5.55. The van der Waals surface area contributed by atoms with Gasteiger partial charge in [-0.2, -0.15) is 10.2 Å². The summed E-state index contributed by atoms with van der Waals surface area (Å²) in [5.41, 5.74) is 6.24. The van der Waals surface area contributed by atoms with Crippen molar-refractivity contribution in [3.05, 3.63) is 76.6 Å². The summed E-state index contributed by atoms with van der Waals surface area (Å²) in [4.78, 5) is 8.85. The number of benzene rings is 1. The molecule has 7 nitrogen and oxygen atoms in total. The number of aromatic nitrogens is 6. The quantitative estimate of drug-likeness (QED) is 0.390. The van der Waals surface area contributed by atoms with E-state index >= 15 is 0 Å². The lowest BCUT2D eigenvalue weighted by Crippen LogP contribution is -2.11. The monoisotopic (exact) mass is 452 g/mol. The molecule has 0 saturated heterocycles. The lowest BCUT2D eigenvalue weighted by molar-refractivity contribution is 0.151. The first-order valence-corrected chi connectivity index (χ1v) is 10.7.